The van der Waals surface area contributed by atoms with Crippen LogP contribution in [0, 0.1) is 0 Å². The third-order valence-corrected chi connectivity index (χ3v) is 3.94. The van der Waals surface area contributed by atoms with Crippen LogP contribution in [0.2, 0.25) is 0 Å². The molecular formula is C9H15BrO4. The summed E-state index contributed by atoms with van der Waals surface area (Å²) < 4.78 is 16.7. The van der Waals surface area contributed by atoms with Crippen molar-refractivity contribution >= 4 is 15.9 Å². The summed E-state index contributed by atoms with van der Waals surface area (Å²) in [6, 6.07) is 0. The third-order valence-electron chi connectivity index (χ3n) is 3.04. The van der Waals surface area contributed by atoms with Gasteiger partial charge in [-0.25, -0.2) is 0 Å². The summed E-state index contributed by atoms with van der Waals surface area (Å²) in [5.74, 6) is -0.728. The fourth-order valence-corrected chi connectivity index (χ4v) is 2.99. The molecule has 14 heavy (non-hydrogen) atoms. The van der Waals surface area contributed by atoms with Crippen molar-refractivity contribution in [1.29, 1.82) is 0 Å². The van der Waals surface area contributed by atoms with Gasteiger partial charge in [-0.15, -0.1) is 0 Å². The van der Waals surface area contributed by atoms with Crippen molar-refractivity contribution in [3.8, 4) is 0 Å². The first kappa shape index (κ1) is 10.8. The lowest BCUT2D eigenvalue weighted by Crippen LogP contribution is -2.54. The van der Waals surface area contributed by atoms with E-state index in [9.17, 15) is 5.11 Å². The summed E-state index contributed by atoms with van der Waals surface area (Å²) >= 11 is 3.41. The minimum Gasteiger partial charge on any atom is -0.368 e. The Balaban J connectivity index is 2.19. The average Bonchev–Trinajstić information content (AvgIpc) is 2.74. The Hall–Kier alpha value is 0.320. The zero-order valence-corrected chi connectivity index (χ0v) is 9.75. The maximum Gasteiger partial charge on any atom is 0.195 e. The highest BCUT2D eigenvalue weighted by molar-refractivity contribution is 9.09. The molecule has 0 radical (unpaired) electrons. The summed E-state index contributed by atoms with van der Waals surface area (Å²) in [4.78, 5) is 0. The number of halogens is 1. The van der Waals surface area contributed by atoms with E-state index < -0.39 is 17.7 Å². The van der Waals surface area contributed by atoms with Crippen LogP contribution in [0.15, 0.2) is 0 Å². The minimum atomic E-state index is -0.728. The predicted octanol–water partition coefficient (Wildman–Crippen LogP) is 1.01. The summed E-state index contributed by atoms with van der Waals surface area (Å²) in [6.45, 7) is 3.05. The van der Waals surface area contributed by atoms with Gasteiger partial charge in [0.15, 0.2) is 12.1 Å². The smallest absolute Gasteiger partial charge is 0.195 e. The second-order valence-electron chi connectivity index (χ2n) is 3.88. The zero-order valence-electron chi connectivity index (χ0n) is 8.16. The van der Waals surface area contributed by atoms with Gasteiger partial charge in [-0.05, 0) is 13.3 Å². The molecule has 2 unspecified atom stereocenters. The summed E-state index contributed by atoms with van der Waals surface area (Å²) in [7, 11) is 0. The Morgan fingerprint density at radius 1 is 1.43 bits per heavy atom. The van der Waals surface area contributed by atoms with Crippen molar-refractivity contribution in [2.75, 3.05) is 18.5 Å². The molecule has 2 aliphatic rings. The normalized spacial score (nSPS) is 41.8. The van der Waals surface area contributed by atoms with E-state index in [0.29, 0.717) is 25.0 Å². The van der Waals surface area contributed by atoms with Gasteiger partial charge in [0.1, 0.15) is 5.60 Å². The first-order valence-electron chi connectivity index (χ1n) is 4.82. The van der Waals surface area contributed by atoms with Crippen LogP contribution in [-0.2, 0) is 14.2 Å². The van der Waals surface area contributed by atoms with Crippen LogP contribution in [0.25, 0.3) is 0 Å². The summed E-state index contributed by atoms with van der Waals surface area (Å²) in [5, 5.41) is 10.0. The monoisotopic (exact) mass is 266 g/mol. The third kappa shape index (κ3) is 1.51. The van der Waals surface area contributed by atoms with Crippen molar-refractivity contribution in [3.63, 3.8) is 0 Å². The van der Waals surface area contributed by atoms with Crippen LogP contribution in [-0.4, -0.2) is 41.3 Å². The molecule has 0 aliphatic carbocycles. The Bertz CT molecular complexity index is 217. The van der Waals surface area contributed by atoms with Gasteiger partial charge in [0.05, 0.1) is 13.2 Å². The fraction of sp³-hybridized carbons (Fsp3) is 1.00. The number of aliphatic hydroxyl groups excluding tert-OH is 1. The predicted molar refractivity (Wildman–Crippen MR) is 53.2 cm³/mol. The highest BCUT2D eigenvalue weighted by Crippen LogP contribution is 2.44. The quantitative estimate of drug-likeness (QED) is 0.759. The highest BCUT2D eigenvalue weighted by Gasteiger charge is 2.56. The molecule has 2 fully saturated rings. The van der Waals surface area contributed by atoms with Gasteiger partial charge < -0.3 is 19.3 Å². The van der Waals surface area contributed by atoms with Gasteiger partial charge in [-0.3, -0.25) is 0 Å². The van der Waals surface area contributed by atoms with Crippen molar-refractivity contribution in [1.82, 2.24) is 0 Å². The fourth-order valence-electron chi connectivity index (χ4n) is 2.07. The second kappa shape index (κ2) is 3.72. The van der Waals surface area contributed by atoms with Crippen LogP contribution in [0.5, 0.6) is 0 Å². The summed E-state index contributed by atoms with van der Waals surface area (Å²) in [6.07, 6.45) is 0.682. The molecule has 1 N–H and O–H groups in total. The zero-order chi connectivity index (χ0) is 10.2. The van der Waals surface area contributed by atoms with E-state index in [1.165, 1.54) is 0 Å². The van der Waals surface area contributed by atoms with Crippen LogP contribution < -0.4 is 0 Å². The van der Waals surface area contributed by atoms with Gasteiger partial charge in [0, 0.05) is 11.8 Å². The lowest BCUT2D eigenvalue weighted by molar-refractivity contribution is -0.278. The molecule has 5 heteroatoms. The van der Waals surface area contributed by atoms with Gasteiger partial charge >= 0.3 is 0 Å². The molecule has 2 aliphatic heterocycles. The topological polar surface area (TPSA) is 47.9 Å². The number of hydrogen-bond donors (Lipinski definition) is 1. The molecule has 0 saturated carbocycles. The second-order valence-corrected chi connectivity index (χ2v) is 4.44. The first-order valence-corrected chi connectivity index (χ1v) is 5.94. The van der Waals surface area contributed by atoms with Crippen molar-refractivity contribution in [2.24, 2.45) is 0 Å². The molecule has 0 bridgehead atoms. The molecule has 0 aromatic heterocycles. The SMILES string of the molecule is CC1(C2(CBr)CCC(O)O2)OCCO1. The van der Waals surface area contributed by atoms with E-state index >= 15 is 0 Å². The maximum absolute atomic E-state index is 9.42. The highest BCUT2D eigenvalue weighted by atomic mass is 79.9. The van der Waals surface area contributed by atoms with E-state index in [0.717, 1.165) is 6.42 Å². The minimum absolute atomic E-state index is 0.553. The van der Waals surface area contributed by atoms with Crippen LogP contribution in [0.3, 0.4) is 0 Å². The van der Waals surface area contributed by atoms with E-state index in [1.54, 1.807) is 0 Å². The van der Waals surface area contributed by atoms with E-state index in [4.69, 9.17) is 14.2 Å². The Labute approximate surface area is 91.6 Å². The molecule has 2 heterocycles. The molecule has 82 valence electrons. The molecule has 0 aromatic rings. The number of rotatable bonds is 2. The molecule has 0 amide bonds. The van der Waals surface area contributed by atoms with Crippen molar-refractivity contribution in [3.05, 3.63) is 0 Å². The largest absolute Gasteiger partial charge is 0.368 e. The van der Waals surface area contributed by atoms with E-state index in [2.05, 4.69) is 15.9 Å². The summed E-state index contributed by atoms with van der Waals surface area (Å²) in [5.41, 5.74) is -0.553. The lowest BCUT2D eigenvalue weighted by Gasteiger charge is -2.39. The molecule has 2 rings (SSSR count). The molecule has 0 spiro atoms. The molecule has 2 saturated heterocycles. The van der Waals surface area contributed by atoms with Crippen LogP contribution in [0.1, 0.15) is 19.8 Å². The van der Waals surface area contributed by atoms with Gasteiger partial charge in [0.2, 0.25) is 0 Å². The number of aliphatic hydroxyl groups is 1. The van der Waals surface area contributed by atoms with Crippen LogP contribution in [0.4, 0.5) is 0 Å². The maximum atomic E-state index is 9.42. The van der Waals surface area contributed by atoms with Crippen LogP contribution >= 0.6 is 15.9 Å². The van der Waals surface area contributed by atoms with E-state index in [-0.39, 0.29) is 0 Å². The van der Waals surface area contributed by atoms with Gasteiger partial charge in [-0.2, -0.15) is 0 Å². The van der Waals surface area contributed by atoms with Gasteiger partial charge in [-0.1, -0.05) is 15.9 Å². The van der Waals surface area contributed by atoms with E-state index in [1.807, 2.05) is 6.92 Å². The number of hydrogen-bond acceptors (Lipinski definition) is 4. The van der Waals surface area contributed by atoms with Crippen molar-refractivity contribution < 1.29 is 19.3 Å². The Morgan fingerprint density at radius 3 is 2.50 bits per heavy atom. The Morgan fingerprint density at radius 2 is 2.07 bits per heavy atom. The van der Waals surface area contributed by atoms with Crippen molar-refractivity contribution in [2.45, 2.75) is 37.4 Å². The average molecular weight is 267 g/mol. The number of ether oxygens (including phenoxy) is 3. The lowest BCUT2D eigenvalue weighted by atomic mass is 9.93. The first-order chi connectivity index (χ1) is 6.62. The number of alkyl halides is 1. The van der Waals surface area contributed by atoms with Gasteiger partial charge in [0.25, 0.3) is 0 Å². The molecule has 4 nitrogen and oxygen atoms in total. The standard InChI is InChI=1S/C9H15BrO4/c1-8(12-4-5-13-8)9(6-10)3-2-7(11)14-9/h7,11H,2-6H2,1H3. The molecular weight excluding hydrogens is 252 g/mol. The molecule has 2 atom stereocenters. The molecule has 0 aromatic carbocycles. The Kier molecular flexibility index (Phi) is 2.87.